The molecule has 0 atom stereocenters. The Kier molecular flexibility index (Phi) is 4.31. The maximum atomic E-state index is 12.1. The van der Waals surface area contributed by atoms with Crippen molar-refractivity contribution in [2.45, 2.75) is 13.5 Å². The summed E-state index contributed by atoms with van der Waals surface area (Å²) < 4.78 is 16.3. The number of amides is 1. The van der Waals surface area contributed by atoms with Gasteiger partial charge in [-0.1, -0.05) is 24.3 Å². The fourth-order valence-electron chi connectivity index (χ4n) is 2.78. The van der Waals surface area contributed by atoms with Crippen LogP contribution in [0.25, 0.3) is 10.9 Å². The maximum absolute atomic E-state index is 12.1. The second-order valence-electron chi connectivity index (χ2n) is 6.03. The Hall–Kier alpha value is -3.28. The van der Waals surface area contributed by atoms with E-state index in [2.05, 4.69) is 10.3 Å². The lowest BCUT2D eigenvalue weighted by Crippen LogP contribution is -2.28. The first-order chi connectivity index (χ1) is 12.7. The van der Waals surface area contributed by atoms with Crippen molar-refractivity contribution in [2.24, 2.45) is 0 Å². The largest absolute Gasteiger partial charge is 0.481 e. The van der Waals surface area contributed by atoms with Crippen LogP contribution in [0.3, 0.4) is 0 Å². The van der Waals surface area contributed by atoms with Gasteiger partial charge in [0.05, 0.1) is 0 Å². The van der Waals surface area contributed by atoms with Crippen molar-refractivity contribution in [3.8, 4) is 17.2 Å². The Balaban J connectivity index is 1.36. The summed E-state index contributed by atoms with van der Waals surface area (Å²) in [5.41, 5.74) is 2.60. The first-order valence-corrected chi connectivity index (χ1v) is 8.33. The molecule has 0 unspecified atom stereocenters. The molecule has 4 rings (SSSR count). The van der Waals surface area contributed by atoms with Gasteiger partial charge in [-0.25, -0.2) is 4.98 Å². The van der Waals surface area contributed by atoms with Gasteiger partial charge in [0.2, 0.25) is 6.79 Å². The minimum absolute atomic E-state index is 0.0702. The van der Waals surface area contributed by atoms with Crippen molar-refractivity contribution < 1.29 is 19.0 Å². The Morgan fingerprint density at radius 2 is 2.04 bits per heavy atom. The van der Waals surface area contributed by atoms with Crippen LogP contribution in [0, 0.1) is 6.92 Å². The van der Waals surface area contributed by atoms with Crippen LogP contribution in [0.5, 0.6) is 17.2 Å². The van der Waals surface area contributed by atoms with E-state index in [1.165, 1.54) is 0 Å². The molecule has 0 saturated carbocycles. The number of benzene rings is 2. The molecule has 1 amide bonds. The maximum Gasteiger partial charge on any atom is 0.258 e. The molecule has 132 valence electrons. The summed E-state index contributed by atoms with van der Waals surface area (Å²) in [6.07, 6.45) is 0. The normalized spacial score (nSPS) is 12.2. The van der Waals surface area contributed by atoms with E-state index in [1.807, 2.05) is 55.5 Å². The standard InChI is InChI=1S/C20H18N2O4/c1-13-5-7-15-3-2-4-17(20(15)22-13)24-11-19(23)21-10-14-6-8-16-18(9-14)26-12-25-16/h2-9H,10-12H2,1H3,(H,21,23). The van der Waals surface area contributed by atoms with Crippen LogP contribution in [0.1, 0.15) is 11.3 Å². The first-order valence-electron chi connectivity index (χ1n) is 8.33. The van der Waals surface area contributed by atoms with Gasteiger partial charge in [-0.3, -0.25) is 4.79 Å². The number of nitrogens with one attached hydrogen (secondary N) is 1. The summed E-state index contributed by atoms with van der Waals surface area (Å²) in [4.78, 5) is 16.6. The van der Waals surface area contributed by atoms with E-state index >= 15 is 0 Å². The number of aromatic nitrogens is 1. The fraction of sp³-hybridized carbons (Fsp3) is 0.200. The van der Waals surface area contributed by atoms with E-state index < -0.39 is 0 Å². The summed E-state index contributed by atoms with van der Waals surface area (Å²) >= 11 is 0. The van der Waals surface area contributed by atoms with Gasteiger partial charge in [-0.05, 0) is 36.8 Å². The van der Waals surface area contributed by atoms with Gasteiger partial charge in [0, 0.05) is 17.6 Å². The summed E-state index contributed by atoms with van der Waals surface area (Å²) in [5, 5.41) is 3.82. The molecule has 0 saturated heterocycles. The number of hydrogen-bond donors (Lipinski definition) is 1. The van der Waals surface area contributed by atoms with E-state index in [1.54, 1.807) is 0 Å². The number of pyridine rings is 1. The molecule has 6 nitrogen and oxygen atoms in total. The number of carbonyl (C=O) groups is 1. The zero-order chi connectivity index (χ0) is 17.9. The van der Waals surface area contributed by atoms with Gasteiger partial charge in [0.1, 0.15) is 11.3 Å². The molecule has 6 heteroatoms. The van der Waals surface area contributed by atoms with Gasteiger partial charge in [0.25, 0.3) is 5.91 Å². The van der Waals surface area contributed by atoms with Crippen LogP contribution >= 0.6 is 0 Å². The molecule has 26 heavy (non-hydrogen) atoms. The number of hydrogen-bond acceptors (Lipinski definition) is 5. The Morgan fingerprint density at radius 1 is 1.15 bits per heavy atom. The molecule has 0 fully saturated rings. The highest BCUT2D eigenvalue weighted by Crippen LogP contribution is 2.32. The molecular weight excluding hydrogens is 332 g/mol. The van der Waals surface area contributed by atoms with E-state index in [9.17, 15) is 4.79 Å². The lowest BCUT2D eigenvalue weighted by molar-refractivity contribution is -0.123. The third-order valence-corrected chi connectivity index (χ3v) is 4.11. The van der Waals surface area contributed by atoms with Crippen molar-refractivity contribution in [2.75, 3.05) is 13.4 Å². The van der Waals surface area contributed by atoms with Crippen molar-refractivity contribution >= 4 is 16.8 Å². The third-order valence-electron chi connectivity index (χ3n) is 4.11. The first kappa shape index (κ1) is 16.2. The van der Waals surface area contributed by atoms with Crippen molar-refractivity contribution in [3.05, 3.63) is 59.8 Å². The van der Waals surface area contributed by atoms with Gasteiger partial charge >= 0.3 is 0 Å². The van der Waals surface area contributed by atoms with Crippen LogP contribution in [-0.4, -0.2) is 24.3 Å². The Bertz CT molecular complexity index is 971. The molecule has 1 N–H and O–H groups in total. The molecular formula is C20H18N2O4. The number of nitrogens with zero attached hydrogens (tertiary/aromatic N) is 1. The molecule has 0 bridgehead atoms. The molecule has 1 aromatic heterocycles. The lowest BCUT2D eigenvalue weighted by atomic mass is 10.2. The highest BCUT2D eigenvalue weighted by molar-refractivity contribution is 5.85. The van der Waals surface area contributed by atoms with Crippen molar-refractivity contribution in [1.82, 2.24) is 10.3 Å². The van der Waals surface area contributed by atoms with Gasteiger partial charge in [-0.15, -0.1) is 0 Å². The summed E-state index contributed by atoms with van der Waals surface area (Å²) in [6.45, 7) is 2.48. The number of carbonyl (C=O) groups excluding carboxylic acids is 1. The minimum atomic E-state index is -0.202. The average Bonchev–Trinajstić information content (AvgIpc) is 3.12. The van der Waals surface area contributed by atoms with Crippen LogP contribution in [0.15, 0.2) is 48.5 Å². The van der Waals surface area contributed by atoms with E-state index in [4.69, 9.17) is 14.2 Å². The SMILES string of the molecule is Cc1ccc2cccc(OCC(=O)NCc3ccc4c(c3)OCO4)c2n1. The van der Waals surface area contributed by atoms with Crippen molar-refractivity contribution in [3.63, 3.8) is 0 Å². The van der Waals surface area contributed by atoms with Crippen LogP contribution < -0.4 is 19.5 Å². The number of ether oxygens (including phenoxy) is 3. The third kappa shape index (κ3) is 3.39. The van der Waals surface area contributed by atoms with Gasteiger partial charge in [0.15, 0.2) is 18.1 Å². The molecule has 0 aliphatic carbocycles. The topological polar surface area (TPSA) is 69.7 Å². The smallest absolute Gasteiger partial charge is 0.258 e. The zero-order valence-electron chi connectivity index (χ0n) is 14.3. The molecule has 0 radical (unpaired) electrons. The molecule has 3 aromatic rings. The Labute approximate surface area is 150 Å². The second-order valence-corrected chi connectivity index (χ2v) is 6.03. The van der Waals surface area contributed by atoms with E-state index in [0.717, 1.165) is 27.9 Å². The van der Waals surface area contributed by atoms with Gasteiger partial charge < -0.3 is 19.5 Å². The van der Waals surface area contributed by atoms with E-state index in [-0.39, 0.29) is 19.3 Å². The summed E-state index contributed by atoms with van der Waals surface area (Å²) in [6, 6.07) is 15.2. The predicted octanol–water partition coefficient (Wildman–Crippen LogP) is 2.97. The summed E-state index contributed by atoms with van der Waals surface area (Å²) in [5.74, 6) is 1.82. The number of rotatable bonds is 5. The fourth-order valence-corrected chi connectivity index (χ4v) is 2.78. The zero-order valence-corrected chi connectivity index (χ0v) is 14.3. The second kappa shape index (κ2) is 6.92. The molecule has 1 aliphatic rings. The average molecular weight is 350 g/mol. The number of fused-ring (bicyclic) bond motifs is 2. The molecule has 0 spiro atoms. The summed E-state index contributed by atoms with van der Waals surface area (Å²) in [7, 11) is 0. The van der Waals surface area contributed by atoms with Gasteiger partial charge in [-0.2, -0.15) is 0 Å². The van der Waals surface area contributed by atoms with Crippen LogP contribution in [-0.2, 0) is 11.3 Å². The minimum Gasteiger partial charge on any atom is -0.481 e. The molecule has 2 heterocycles. The van der Waals surface area contributed by atoms with Crippen molar-refractivity contribution in [1.29, 1.82) is 0 Å². The molecule has 2 aromatic carbocycles. The predicted molar refractivity (Wildman–Crippen MR) is 96.4 cm³/mol. The quantitative estimate of drug-likeness (QED) is 0.766. The lowest BCUT2D eigenvalue weighted by Gasteiger charge is -2.10. The number of para-hydroxylation sites is 1. The highest BCUT2D eigenvalue weighted by Gasteiger charge is 2.13. The monoisotopic (exact) mass is 350 g/mol. The van der Waals surface area contributed by atoms with Crippen LogP contribution in [0.2, 0.25) is 0 Å². The highest BCUT2D eigenvalue weighted by atomic mass is 16.7. The Morgan fingerprint density at radius 3 is 2.96 bits per heavy atom. The van der Waals surface area contributed by atoms with Crippen LogP contribution in [0.4, 0.5) is 0 Å². The number of aryl methyl sites for hydroxylation is 1. The molecule has 1 aliphatic heterocycles. The van der Waals surface area contributed by atoms with E-state index in [0.29, 0.717) is 18.0 Å².